The van der Waals surface area contributed by atoms with Crippen LogP contribution in [0.3, 0.4) is 0 Å². The van der Waals surface area contributed by atoms with Crippen molar-refractivity contribution in [3.05, 3.63) is 76.5 Å². The predicted octanol–water partition coefficient (Wildman–Crippen LogP) is 6.52. The van der Waals surface area contributed by atoms with E-state index in [0.717, 1.165) is 0 Å². The molecule has 0 bridgehead atoms. The summed E-state index contributed by atoms with van der Waals surface area (Å²) in [6, 6.07) is 11.1. The molecule has 0 N–H and O–H groups in total. The number of benzene rings is 2. The number of hydrogen-bond donors (Lipinski definition) is 0. The molecule has 2 heterocycles. The summed E-state index contributed by atoms with van der Waals surface area (Å²) in [6.07, 6.45) is -9.75. The molecule has 0 amide bonds. The highest BCUT2D eigenvalue weighted by Crippen LogP contribution is 2.35. The van der Waals surface area contributed by atoms with Gasteiger partial charge in [-0.05, 0) is 24.6 Å². The first kappa shape index (κ1) is 26.2. The van der Waals surface area contributed by atoms with Crippen LogP contribution >= 0.6 is 11.6 Å². The van der Waals surface area contributed by atoms with Gasteiger partial charge >= 0.3 is 24.2 Å². The molecule has 37 heavy (non-hydrogen) atoms. The zero-order chi connectivity index (χ0) is 27.0. The predicted molar refractivity (Wildman–Crippen MR) is 117 cm³/mol. The van der Waals surface area contributed by atoms with Gasteiger partial charge in [0.05, 0.1) is 6.61 Å². The minimum absolute atomic E-state index is 0.0925. The number of carbonyl (C=O) groups excluding carboxylic acids is 1. The summed E-state index contributed by atoms with van der Waals surface area (Å²) in [4.78, 5) is 19.8. The Labute approximate surface area is 209 Å². The maximum absolute atomic E-state index is 14.0. The molecule has 2 aromatic carbocycles. The third-order valence-electron chi connectivity index (χ3n) is 5.03. The van der Waals surface area contributed by atoms with Gasteiger partial charge in [0.15, 0.2) is 5.69 Å². The second-order valence-electron chi connectivity index (χ2n) is 7.56. The molecule has 0 aliphatic rings. The molecule has 4 rings (SSSR count). The molecule has 0 spiro atoms. The maximum Gasteiger partial charge on any atom is 0.471 e. The van der Waals surface area contributed by atoms with E-state index in [-0.39, 0.29) is 34.8 Å². The van der Waals surface area contributed by atoms with Gasteiger partial charge in [-0.3, -0.25) is 0 Å². The van der Waals surface area contributed by atoms with Gasteiger partial charge in [0.1, 0.15) is 5.69 Å². The number of rotatable bonds is 6. The Kier molecular flexibility index (Phi) is 7.00. The summed E-state index contributed by atoms with van der Waals surface area (Å²) in [5, 5.41) is 3.61. The van der Waals surface area contributed by atoms with Gasteiger partial charge < -0.3 is 13.8 Å². The van der Waals surface area contributed by atoms with E-state index in [1.165, 1.54) is 55.5 Å². The van der Waals surface area contributed by atoms with E-state index in [1.807, 2.05) is 0 Å². The van der Waals surface area contributed by atoms with Crippen LogP contribution in [0.1, 0.15) is 34.7 Å². The van der Waals surface area contributed by atoms with Crippen LogP contribution in [0.15, 0.2) is 53.1 Å². The number of aromatic nitrogens is 4. The van der Waals surface area contributed by atoms with E-state index in [1.54, 1.807) is 0 Å². The molecular formula is C23H15ClF6N4O3. The highest BCUT2D eigenvalue weighted by Gasteiger charge is 2.41. The quantitative estimate of drug-likeness (QED) is 0.203. The smallest absolute Gasteiger partial charge is 0.461 e. The minimum Gasteiger partial charge on any atom is -0.461 e. The van der Waals surface area contributed by atoms with Crippen LogP contribution in [0.4, 0.5) is 26.3 Å². The van der Waals surface area contributed by atoms with E-state index in [0.29, 0.717) is 9.59 Å². The fourth-order valence-corrected chi connectivity index (χ4v) is 3.56. The van der Waals surface area contributed by atoms with Gasteiger partial charge in [0, 0.05) is 22.7 Å². The van der Waals surface area contributed by atoms with Crippen molar-refractivity contribution in [3.8, 4) is 22.6 Å². The molecule has 7 nitrogen and oxygen atoms in total. The second kappa shape index (κ2) is 9.88. The Morgan fingerprint density at radius 3 is 2.11 bits per heavy atom. The third-order valence-corrected chi connectivity index (χ3v) is 5.28. The molecule has 2 aromatic heterocycles. The number of ether oxygens (including phenoxy) is 1. The molecule has 194 valence electrons. The number of halogens is 7. The largest absolute Gasteiger partial charge is 0.471 e. The number of hydrogen-bond acceptors (Lipinski definition) is 6. The van der Waals surface area contributed by atoms with Crippen molar-refractivity contribution in [2.45, 2.75) is 25.8 Å². The fourth-order valence-electron chi connectivity index (χ4n) is 3.44. The maximum atomic E-state index is 14.0. The minimum atomic E-state index is -4.93. The Morgan fingerprint density at radius 1 is 0.946 bits per heavy atom. The van der Waals surface area contributed by atoms with E-state index >= 15 is 0 Å². The summed E-state index contributed by atoms with van der Waals surface area (Å²) < 4.78 is 90.0. The first-order chi connectivity index (χ1) is 17.4. The van der Waals surface area contributed by atoms with Crippen LogP contribution in [0.5, 0.6) is 0 Å². The molecular weight excluding hydrogens is 530 g/mol. The van der Waals surface area contributed by atoms with Gasteiger partial charge in [-0.2, -0.15) is 31.3 Å². The summed E-state index contributed by atoms with van der Waals surface area (Å²) in [5.74, 6) is -4.24. The van der Waals surface area contributed by atoms with Crippen LogP contribution in [0, 0.1) is 0 Å². The third kappa shape index (κ3) is 5.61. The molecule has 0 saturated carbocycles. The lowest BCUT2D eigenvalue weighted by molar-refractivity contribution is -0.159. The molecule has 0 aliphatic carbocycles. The fraction of sp³-hybridized carbons (Fsp3) is 0.217. The van der Waals surface area contributed by atoms with Gasteiger partial charge in [0.25, 0.3) is 0 Å². The van der Waals surface area contributed by atoms with Crippen molar-refractivity contribution in [1.29, 1.82) is 0 Å². The van der Waals surface area contributed by atoms with Gasteiger partial charge in [-0.15, -0.1) is 0 Å². The van der Waals surface area contributed by atoms with Crippen LogP contribution in [0.25, 0.3) is 22.6 Å². The Balaban J connectivity index is 1.76. The average Bonchev–Trinajstić information content (AvgIpc) is 3.46. The first-order valence-corrected chi connectivity index (χ1v) is 10.9. The standard InChI is InChI=1S/C23H15ClF6N4O3/c1-2-36-19(35)17-16(13-7-9-15(24)10-8-13)31-20(22(25,26)27)34(17)11-12-3-5-14(6-4-12)18-32-21(37-33-18)23(28,29)30/h3-10H,2,11H2,1H3. The number of carbonyl (C=O) groups is 1. The van der Waals surface area contributed by atoms with Gasteiger partial charge in [0.2, 0.25) is 11.6 Å². The Morgan fingerprint density at radius 2 is 1.57 bits per heavy atom. The lowest BCUT2D eigenvalue weighted by Gasteiger charge is -2.14. The second-order valence-corrected chi connectivity index (χ2v) is 8.00. The molecule has 0 aliphatic heterocycles. The molecule has 14 heteroatoms. The molecule has 4 aromatic rings. The van der Waals surface area contributed by atoms with E-state index in [9.17, 15) is 31.1 Å². The average molecular weight is 545 g/mol. The van der Waals surface area contributed by atoms with Crippen LogP contribution in [-0.4, -0.2) is 32.3 Å². The Bertz CT molecular complexity index is 1410. The van der Waals surface area contributed by atoms with Crippen molar-refractivity contribution in [1.82, 2.24) is 19.7 Å². The molecule has 0 atom stereocenters. The van der Waals surface area contributed by atoms with E-state index in [4.69, 9.17) is 16.3 Å². The number of imidazole rings is 1. The lowest BCUT2D eigenvalue weighted by atomic mass is 10.1. The van der Waals surface area contributed by atoms with Crippen molar-refractivity contribution >= 4 is 17.6 Å². The summed E-state index contributed by atoms with van der Waals surface area (Å²) in [5.41, 5.74) is -0.0414. The topological polar surface area (TPSA) is 83.0 Å². The molecule has 0 fully saturated rings. The van der Waals surface area contributed by atoms with Crippen molar-refractivity contribution in [2.24, 2.45) is 0 Å². The SMILES string of the molecule is CCOC(=O)c1c(-c2ccc(Cl)cc2)nc(C(F)(F)F)n1Cc1ccc(-c2noc(C(F)(F)F)n2)cc1. The summed E-state index contributed by atoms with van der Waals surface area (Å²) >= 11 is 5.88. The van der Waals surface area contributed by atoms with Gasteiger partial charge in [-0.1, -0.05) is 53.2 Å². The van der Waals surface area contributed by atoms with Crippen LogP contribution in [0.2, 0.25) is 5.02 Å². The van der Waals surface area contributed by atoms with E-state index in [2.05, 4.69) is 19.6 Å². The number of esters is 1. The molecule has 0 radical (unpaired) electrons. The molecule has 0 saturated heterocycles. The summed E-state index contributed by atoms with van der Waals surface area (Å²) in [7, 11) is 0. The Hall–Kier alpha value is -3.87. The van der Waals surface area contributed by atoms with E-state index < -0.39 is 42.3 Å². The number of alkyl halides is 6. The normalized spacial score (nSPS) is 12.1. The monoisotopic (exact) mass is 544 g/mol. The van der Waals surface area contributed by atoms with Crippen LogP contribution < -0.4 is 0 Å². The highest BCUT2D eigenvalue weighted by atomic mass is 35.5. The summed E-state index contributed by atoms with van der Waals surface area (Å²) in [6.45, 7) is 0.959. The number of nitrogens with zero attached hydrogens (tertiary/aromatic N) is 4. The molecule has 0 unspecified atom stereocenters. The van der Waals surface area contributed by atoms with Gasteiger partial charge in [-0.25, -0.2) is 9.78 Å². The van der Waals surface area contributed by atoms with Crippen LogP contribution in [-0.2, 0) is 23.6 Å². The van der Waals surface area contributed by atoms with Crippen molar-refractivity contribution in [2.75, 3.05) is 6.61 Å². The van der Waals surface area contributed by atoms with Crippen molar-refractivity contribution in [3.63, 3.8) is 0 Å². The van der Waals surface area contributed by atoms with Crippen molar-refractivity contribution < 1.29 is 40.4 Å². The zero-order valence-electron chi connectivity index (χ0n) is 18.7. The first-order valence-electron chi connectivity index (χ1n) is 10.5. The lowest BCUT2D eigenvalue weighted by Crippen LogP contribution is -2.20. The highest BCUT2D eigenvalue weighted by molar-refractivity contribution is 6.30. The zero-order valence-corrected chi connectivity index (χ0v) is 19.4.